The number of aromatic nitrogens is 2. The molecule has 0 unspecified atom stereocenters. The SMILES string of the molecule is Cc1cc(Sc2cc(Br)nc(C#Cc3ccccn3)c2)ccc1OCC(=O)O. The predicted molar refractivity (Wildman–Crippen MR) is 111 cm³/mol. The van der Waals surface area contributed by atoms with E-state index < -0.39 is 5.97 Å². The number of carbonyl (C=O) groups is 1. The summed E-state index contributed by atoms with van der Waals surface area (Å²) < 4.78 is 5.96. The van der Waals surface area contributed by atoms with Crippen molar-refractivity contribution in [1.29, 1.82) is 0 Å². The van der Waals surface area contributed by atoms with Crippen molar-refractivity contribution in [2.75, 3.05) is 6.61 Å². The highest BCUT2D eigenvalue weighted by Crippen LogP contribution is 2.32. The molecule has 0 aliphatic heterocycles. The fourth-order valence-corrected chi connectivity index (χ4v) is 3.86. The Morgan fingerprint density at radius 3 is 2.68 bits per heavy atom. The molecule has 2 aromatic heterocycles. The zero-order valence-corrected chi connectivity index (χ0v) is 17.3. The van der Waals surface area contributed by atoms with E-state index in [1.165, 1.54) is 0 Å². The van der Waals surface area contributed by atoms with Crippen molar-refractivity contribution in [3.05, 3.63) is 76.3 Å². The van der Waals surface area contributed by atoms with Gasteiger partial charge in [-0.25, -0.2) is 14.8 Å². The second-order valence-corrected chi connectivity index (χ2v) is 7.65. The van der Waals surface area contributed by atoms with E-state index in [-0.39, 0.29) is 6.61 Å². The number of benzene rings is 1. The second kappa shape index (κ2) is 9.40. The molecule has 0 spiro atoms. The zero-order valence-electron chi connectivity index (χ0n) is 14.8. The van der Waals surface area contributed by atoms with Crippen LogP contribution in [0.2, 0.25) is 0 Å². The van der Waals surface area contributed by atoms with Crippen molar-refractivity contribution < 1.29 is 14.6 Å². The highest BCUT2D eigenvalue weighted by atomic mass is 79.9. The average Bonchev–Trinajstić information content (AvgIpc) is 2.66. The molecular weight excluding hydrogens is 440 g/mol. The standard InChI is InChI=1S/C21H15BrN2O3S/c1-14-10-17(7-8-19(14)27-13-21(25)26)28-18-11-16(24-20(22)12-18)6-5-15-4-2-3-9-23-15/h2-4,7-12H,13H2,1H3,(H,25,26). The molecule has 0 aliphatic rings. The molecule has 140 valence electrons. The first-order chi connectivity index (χ1) is 13.5. The third-order valence-electron chi connectivity index (χ3n) is 3.48. The van der Waals surface area contributed by atoms with Crippen molar-refractivity contribution >= 4 is 33.7 Å². The van der Waals surface area contributed by atoms with Crippen LogP contribution in [0.15, 0.2) is 69.1 Å². The Kier molecular flexibility index (Phi) is 6.69. The molecule has 0 aliphatic carbocycles. The third-order valence-corrected chi connectivity index (χ3v) is 4.85. The molecule has 3 aromatic rings. The summed E-state index contributed by atoms with van der Waals surface area (Å²) in [5.41, 5.74) is 2.20. The smallest absolute Gasteiger partial charge is 0.341 e. The fourth-order valence-electron chi connectivity index (χ4n) is 2.28. The number of pyridine rings is 2. The molecule has 7 heteroatoms. The van der Waals surface area contributed by atoms with Gasteiger partial charge in [-0.05, 0) is 82.7 Å². The van der Waals surface area contributed by atoms with Crippen LogP contribution in [0.25, 0.3) is 0 Å². The Morgan fingerprint density at radius 2 is 1.96 bits per heavy atom. The Labute approximate surface area is 175 Å². The maximum Gasteiger partial charge on any atom is 0.341 e. The van der Waals surface area contributed by atoms with Crippen molar-refractivity contribution in [1.82, 2.24) is 9.97 Å². The molecule has 0 amide bonds. The van der Waals surface area contributed by atoms with Gasteiger partial charge in [0.25, 0.3) is 0 Å². The third kappa shape index (κ3) is 5.84. The predicted octanol–water partition coefficient (Wildman–Crippen LogP) is 4.56. The molecule has 0 atom stereocenters. The number of nitrogens with zero attached hydrogens (tertiary/aromatic N) is 2. The van der Waals surface area contributed by atoms with E-state index in [2.05, 4.69) is 37.7 Å². The number of carboxylic acids is 1. The topological polar surface area (TPSA) is 72.3 Å². The first-order valence-electron chi connectivity index (χ1n) is 8.23. The summed E-state index contributed by atoms with van der Waals surface area (Å²) in [7, 11) is 0. The van der Waals surface area contributed by atoms with Crippen molar-refractivity contribution in [3.63, 3.8) is 0 Å². The maximum absolute atomic E-state index is 10.6. The molecule has 0 saturated carbocycles. The van der Waals surface area contributed by atoms with Crippen molar-refractivity contribution in [2.24, 2.45) is 0 Å². The van der Waals surface area contributed by atoms with Crippen LogP contribution >= 0.6 is 27.7 Å². The number of aliphatic carboxylic acids is 1. The highest BCUT2D eigenvalue weighted by Gasteiger charge is 2.07. The number of ether oxygens (including phenoxy) is 1. The largest absolute Gasteiger partial charge is 0.482 e. The Morgan fingerprint density at radius 1 is 1.14 bits per heavy atom. The number of hydrogen-bond acceptors (Lipinski definition) is 5. The van der Waals surface area contributed by atoms with Crippen molar-refractivity contribution in [2.45, 2.75) is 16.7 Å². The van der Waals surface area contributed by atoms with Gasteiger partial charge in [-0.3, -0.25) is 0 Å². The molecule has 0 radical (unpaired) electrons. The summed E-state index contributed by atoms with van der Waals surface area (Å²) in [6.45, 7) is 1.52. The number of hydrogen-bond donors (Lipinski definition) is 1. The van der Waals surface area contributed by atoms with Crippen LogP contribution < -0.4 is 4.74 Å². The van der Waals surface area contributed by atoms with E-state index in [0.29, 0.717) is 21.7 Å². The Hall–Kier alpha value is -2.82. The van der Waals surface area contributed by atoms with Gasteiger partial charge in [-0.2, -0.15) is 0 Å². The molecule has 0 fully saturated rings. The normalized spacial score (nSPS) is 10.1. The van der Waals surface area contributed by atoms with Gasteiger partial charge < -0.3 is 9.84 Å². The van der Waals surface area contributed by atoms with Gasteiger partial charge in [0.2, 0.25) is 0 Å². The van der Waals surface area contributed by atoms with Gasteiger partial charge >= 0.3 is 5.97 Å². The molecule has 28 heavy (non-hydrogen) atoms. The quantitative estimate of drug-likeness (QED) is 0.449. The molecule has 5 nitrogen and oxygen atoms in total. The summed E-state index contributed by atoms with van der Waals surface area (Å²) in [5.74, 6) is 5.59. The lowest BCUT2D eigenvalue weighted by Gasteiger charge is -2.09. The van der Waals surface area contributed by atoms with E-state index in [4.69, 9.17) is 9.84 Å². The molecule has 0 bridgehead atoms. The van der Waals surface area contributed by atoms with Crippen LogP contribution in [0.4, 0.5) is 0 Å². The van der Waals surface area contributed by atoms with Gasteiger partial charge in [0.05, 0.1) is 0 Å². The lowest BCUT2D eigenvalue weighted by atomic mass is 10.2. The van der Waals surface area contributed by atoms with Crippen LogP contribution in [0.3, 0.4) is 0 Å². The molecule has 2 heterocycles. The van der Waals surface area contributed by atoms with Gasteiger partial charge in [0.15, 0.2) is 6.61 Å². The monoisotopic (exact) mass is 454 g/mol. The van der Waals surface area contributed by atoms with Crippen LogP contribution in [-0.2, 0) is 4.79 Å². The van der Waals surface area contributed by atoms with E-state index in [1.807, 2.05) is 49.4 Å². The van der Waals surface area contributed by atoms with Gasteiger partial charge in [-0.1, -0.05) is 17.8 Å². The Balaban J connectivity index is 1.77. The van der Waals surface area contributed by atoms with Crippen LogP contribution in [0, 0.1) is 18.8 Å². The summed E-state index contributed by atoms with van der Waals surface area (Å²) in [5, 5.41) is 8.73. The number of carboxylic acid groups (broad SMARTS) is 1. The number of aryl methyl sites for hydroxylation is 1. The lowest BCUT2D eigenvalue weighted by molar-refractivity contribution is -0.139. The van der Waals surface area contributed by atoms with E-state index >= 15 is 0 Å². The second-order valence-electron chi connectivity index (χ2n) is 5.69. The van der Waals surface area contributed by atoms with Crippen LogP contribution in [0.5, 0.6) is 5.75 Å². The first kappa shape index (κ1) is 19.9. The zero-order chi connectivity index (χ0) is 19.9. The number of halogens is 1. The molecule has 1 aromatic carbocycles. The van der Waals surface area contributed by atoms with Gasteiger partial charge in [0.1, 0.15) is 21.7 Å². The fraction of sp³-hybridized carbons (Fsp3) is 0.0952. The lowest BCUT2D eigenvalue weighted by Crippen LogP contribution is -2.09. The van der Waals surface area contributed by atoms with Gasteiger partial charge in [-0.15, -0.1) is 0 Å². The van der Waals surface area contributed by atoms with Gasteiger partial charge in [0, 0.05) is 16.0 Å². The number of rotatable bonds is 5. The molecule has 0 saturated heterocycles. The van der Waals surface area contributed by atoms with E-state index in [0.717, 1.165) is 15.4 Å². The van der Waals surface area contributed by atoms with E-state index in [9.17, 15) is 4.79 Å². The Bertz CT molecular complexity index is 1060. The summed E-state index contributed by atoms with van der Waals surface area (Å²) >= 11 is 4.99. The minimum atomic E-state index is -1.00. The highest BCUT2D eigenvalue weighted by molar-refractivity contribution is 9.10. The average molecular weight is 455 g/mol. The summed E-state index contributed by atoms with van der Waals surface area (Å²) in [6.07, 6.45) is 1.70. The van der Waals surface area contributed by atoms with E-state index in [1.54, 1.807) is 24.0 Å². The minimum absolute atomic E-state index is 0.358. The van der Waals surface area contributed by atoms with Crippen LogP contribution in [-0.4, -0.2) is 27.7 Å². The maximum atomic E-state index is 10.6. The molecule has 3 rings (SSSR count). The first-order valence-corrected chi connectivity index (χ1v) is 9.84. The molecule has 1 N–H and O–H groups in total. The molecular formula is C21H15BrN2O3S. The summed E-state index contributed by atoms with van der Waals surface area (Å²) in [4.78, 5) is 21.2. The minimum Gasteiger partial charge on any atom is -0.482 e. The summed E-state index contributed by atoms with van der Waals surface area (Å²) in [6, 6.07) is 15.0. The van der Waals surface area contributed by atoms with Crippen LogP contribution in [0.1, 0.15) is 17.0 Å². The van der Waals surface area contributed by atoms with Crippen molar-refractivity contribution in [3.8, 4) is 17.6 Å².